The number of rotatable bonds is 6. The lowest BCUT2D eigenvalue weighted by Crippen LogP contribution is -2.08. The van der Waals surface area contributed by atoms with Crippen LogP contribution in [0.15, 0.2) is 79.0 Å². The predicted octanol–water partition coefficient (Wildman–Crippen LogP) is 6.80. The Kier molecular flexibility index (Phi) is 5.64. The Morgan fingerprint density at radius 1 is 0.892 bits per heavy atom. The molecule has 3 aromatic carbocycles. The molecule has 0 unspecified atom stereocenters. The van der Waals surface area contributed by atoms with Crippen LogP contribution in [0.3, 0.4) is 0 Å². The van der Waals surface area contributed by atoms with Crippen LogP contribution in [0.25, 0.3) is 39.1 Å². The van der Waals surface area contributed by atoms with Gasteiger partial charge in [-0.25, -0.2) is 23.5 Å². The van der Waals surface area contributed by atoms with Gasteiger partial charge in [0.05, 0.1) is 16.6 Å². The van der Waals surface area contributed by atoms with Gasteiger partial charge in [-0.05, 0) is 67.1 Å². The Bertz CT molecular complexity index is 1770. The molecule has 0 aliphatic heterocycles. The molecule has 8 heteroatoms. The number of esters is 1. The molecule has 6 rings (SSSR count). The number of aryl methyl sites for hydroxylation is 1. The Balaban J connectivity index is 1.63. The fourth-order valence-electron chi connectivity index (χ4n) is 4.52. The molecule has 0 radical (unpaired) electrons. The van der Waals surface area contributed by atoms with Crippen LogP contribution in [0.1, 0.15) is 30.1 Å². The molecule has 0 amide bonds. The number of benzene rings is 3. The maximum absolute atomic E-state index is 13.7. The number of fused-ring (bicyclic) bond motifs is 5. The van der Waals surface area contributed by atoms with Crippen LogP contribution < -0.4 is 4.74 Å². The minimum Gasteiger partial charge on any atom is -0.420 e. The summed E-state index contributed by atoms with van der Waals surface area (Å²) >= 11 is 0. The Morgan fingerprint density at radius 2 is 1.59 bits per heavy atom. The normalized spacial score (nSPS) is 11.5. The van der Waals surface area contributed by atoms with E-state index in [9.17, 15) is 13.6 Å². The van der Waals surface area contributed by atoms with Gasteiger partial charge >= 0.3 is 5.97 Å². The quantitative estimate of drug-likeness (QED) is 0.238. The molecule has 0 saturated carbocycles. The lowest BCUT2D eigenvalue weighted by atomic mass is 10.2. The number of imidazole rings is 1. The molecule has 3 heterocycles. The summed E-state index contributed by atoms with van der Waals surface area (Å²) < 4.78 is 36.8. The van der Waals surface area contributed by atoms with Gasteiger partial charge in [-0.1, -0.05) is 25.5 Å². The van der Waals surface area contributed by atoms with E-state index < -0.39 is 11.8 Å². The molecule has 37 heavy (non-hydrogen) atoms. The number of halogens is 2. The second-order valence-corrected chi connectivity index (χ2v) is 8.84. The topological polar surface area (TPSA) is 61.4 Å². The number of hydrogen-bond acceptors (Lipinski definition) is 4. The molecular formula is C29H22F2N4O2. The van der Waals surface area contributed by atoms with E-state index in [0.29, 0.717) is 34.8 Å². The number of para-hydroxylation sites is 2. The highest BCUT2D eigenvalue weighted by Gasteiger charge is 2.23. The third kappa shape index (κ3) is 4.00. The van der Waals surface area contributed by atoms with Crippen molar-refractivity contribution in [2.45, 2.75) is 26.3 Å². The standard InChI is InChI=1S/C29H22F2N4O2/c1-2-3-16-34-17-24(37-29(36)19-10-14-21(31)15-11-19)25-27(34)33-26(18-8-12-20(30)13-9-18)35-23-7-5-4-6-22(23)32-28(25)35/h4-15,17H,2-3,16H2,1H3. The molecule has 6 aromatic rings. The molecule has 0 atom stereocenters. The number of nitrogens with zero attached hydrogens (tertiary/aromatic N) is 4. The van der Waals surface area contributed by atoms with E-state index in [1.54, 1.807) is 18.3 Å². The van der Waals surface area contributed by atoms with E-state index in [0.717, 1.165) is 29.4 Å². The molecule has 0 aliphatic rings. The number of carbonyl (C=O) groups is 1. The Morgan fingerprint density at radius 3 is 2.32 bits per heavy atom. The number of hydrogen-bond donors (Lipinski definition) is 0. The van der Waals surface area contributed by atoms with Crippen LogP contribution in [0.2, 0.25) is 0 Å². The Labute approximate surface area is 210 Å². The summed E-state index contributed by atoms with van der Waals surface area (Å²) in [6.45, 7) is 2.76. The molecule has 0 aliphatic carbocycles. The zero-order chi connectivity index (χ0) is 25.5. The van der Waals surface area contributed by atoms with Gasteiger partial charge in [0.25, 0.3) is 0 Å². The molecule has 0 N–H and O–H groups in total. The minimum atomic E-state index is -0.605. The SMILES string of the molecule is CCCCn1cc(OC(=O)c2ccc(F)cc2)c2c1nc(-c1ccc(F)cc1)n1c3ccccc3nc21. The summed E-state index contributed by atoms with van der Waals surface area (Å²) in [5.74, 6) is -0.456. The molecular weight excluding hydrogens is 474 g/mol. The first-order valence-electron chi connectivity index (χ1n) is 12.1. The Hall–Kier alpha value is -4.59. The van der Waals surface area contributed by atoms with Crippen LogP contribution >= 0.6 is 0 Å². The first kappa shape index (κ1) is 22.8. The van der Waals surface area contributed by atoms with Crippen LogP contribution in [0.4, 0.5) is 8.78 Å². The zero-order valence-corrected chi connectivity index (χ0v) is 20.0. The van der Waals surface area contributed by atoms with Crippen LogP contribution in [0.5, 0.6) is 5.75 Å². The average molecular weight is 497 g/mol. The van der Waals surface area contributed by atoms with Crippen LogP contribution in [-0.4, -0.2) is 24.9 Å². The summed E-state index contributed by atoms with van der Waals surface area (Å²) in [6.07, 6.45) is 3.62. The molecule has 184 valence electrons. The van der Waals surface area contributed by atoms with Gasteiger partial charge in [0.15, 0.2) is 11.4 Å². The summed E-state index contributed by atoms with van der Waals surface area (Å²) in [7, 11) is 0. The van der Waals surface area contributed by atoms with Gasteiger partial charge in [0.2, 0.25) is 0 Å². The van der Waals surface area contributed by atoms with Crippen molar-refractivity contribution < 1.29 is 18.3 Å². The lowest BCUT2D eigenvalue weighted by molar-refractivity contribution is 0.0737. The van der Waals surface area contributed by atoms with Crippen molar-refractivity contribution in [1.29, 1.82) is 0 Å². The van der Waals surface area contributed by atoms with E-state index >= 15 is 0 Å². The predicted molar refractivity (Wildman–Crippen MR) is 138 cm³/mol. The first-order valence-corrected chi connectivity index (χ1v) is 12.1. The van der Waals surface area contributed by atoms with Gasteiger partial charge in [-0.15, -0.1) is 0 Å². The van der Waals surface area contributed by atoms with Gasteiger partial charge in [-0.2, -0.15) is 0 Å². The van der Waals surface area contributed by atoms with Gasteiger partial charge in [0.1, 0.15) is 28.5 Å². The summed E-state index contributed by atoms with van der Waals surface area (Å²) in [5, 5.41) is 0.591. The lowest BCUT2D eigenvalue weighted by Gasteiger charge is -2.10. The van der Waals surface area contributed by atoms with Crippen molar-refractivity contribution in [1.82, 2.24) is 18.9 Å². The minimum absolute atomic E-state index is 0.233. The molecule has 0 fully saturated rings. The van der Waals surface area contributed by atoms with Crippen molar-refractivity contribution in [3.05, 3.63) is 96.2 Å². The average Bonchev–Trinajstić information content (AvgIpc) is 3.46. The molecule has 0 saturated heterocycles. The van der Waals surface area contributed by atoms with E-state index in [1.807, 2.05) is 33.2 Å². The summed E-state index contributed by atoms with van der Waals surface area (Å²) in [4.78, 5) is 22.9. The van der Waals surface area contributed by atoms with E-state index in [-0.39, 0.29) is 11.4 Å². The van der Waals surface area contributed by atoms with Crippen LogP contribution in [0, 0.1) is 11.6 Å². The van der Waals surface area contributed by atoms with E-state index in [4.69, 9.17) is 14.7 Å². The van der Waals surface area contributed by atoms with Crippen molar-refractivity contribution in [2.24, 2.45) is 0 Å². The number of ether oxygens (including phenoxy) is 1. The van der Waals surface area contributed by atoms with Gasteiger partial charge < -0.3 is 9.30 Å². The van der Waals surface area contributed by atoms with Gasteiger partial charge in [-0.3, -0.25) is 4.40 Å². The highest BCUT2D eigenvalue weighted by Crippen LogP contribution is 2.36. The zero-order valence-electron chi connectivity index (χ0n) is 20.0. The van der Waals surface area contributed by atoms with Crippen molar-refractivity contribution in [3.63, 3.8) is 0 Å². The van der Waals surface area contributed by atoms with Crippen molar-refractivity contribution in [2.75, 3.05) is 0 Å². The fraction of sp³-hybridized carbons (Fsp3) is 0.138. The second kappa shape index (κ2) is 9.13. The molecule has 0 spiro atoms. The third-order valence-electron chi connectivity index (χ3n) is 6.36. The van der Waals surface area contributed by atoms with E-state index in [1.165, 1.54) is 36.4 Å². The summed E-state index contributed by atoms with van der Waals surface area (Å²) in [6, 6.07) is 19.0. The number of carbonyl (C=O) groups excluding carboxylic acids is 1. The van der Waals surface area contributed by atoms with Gasteiger partial charge in [0, 0.05) is 18.3 Å². The monoisotopic (exact) mass is 496 g/mol. The molecule has 6 nitrogen and oxygen atoms in total. The van der Waals surface area contributed by atoms with Crippen LogP contribution in [-0.2, 0) is 6.54 Å². The highest BCUT2D eigenvalue weighted by molar-refractivity contribution is 6.03. The maximum atomic E-state index is 13.7. The number of aromatic nitrogens is 4. The molecule has 0 bridgehead atoms. The smallest absolute Gasteiger partial charge is 0.343 e. The highest BCUT2D eigenvalue weighted by atomic mass is 19.1. The van der Waals surface area contributed by atoms with E-state index in [2.05, 4.69) is 6.92 Å². The maximum Gasteiger partial charge on any atom is 0.343 e. The molecule has 3 aromatic heterocycles. The van der Waals surface area contributed by atoms with Crippen molar-refractivity contribution >= 4 is 33.7 Å². The largest absolute Gasteiger partial charge is 0.420 e. The first-order chi connectivity index (χ1) is 18.0. The second-order valence-electron chi connectivity index (χ2n) is 8.84. The number of unbranched alkanes of at least 4 members (excludes halogenated alkanes) is 1. The fourth-order valence-corrected chi connectivity index (χ4v) is 4.52. The van der Waals surface area contributed by atoms with Crippen molar-refractivity contribution in [3.8, 4) is 17.1 Å². The third-order valence-corrected chi connectivity index (χ3v) is 6.36. The summed E-state index contributed by atoms with van der Waals surface area (Å²) in [5.41, 5.74) is 3.71.